The Morgan fingerprint density at radius 3 is 2.59 bits per heavy atom. The first kappa shape index (κ1) is 19.7. The maximum Gasteiger partial charge on any atom is 0.222 e. The lowest BCUT2D eigenvalue weighted by Gasteiger charge is -2.48. The summed E-state index contributed by atoms with van der Waals surface area (Å²) in [6, 6.07) is 0. The number of nitrogens with zero attached hydrogens (tertiary/aromatic N) is 7. The van der Waals surface area contributed by atoms with Gasteiger partial charge in [0.15, 0.2) is 11.6 Å². The molecule has 0 saturated carbocycles. The first-order valence-electron chi connectivity index (χ1n) is 10.5. The van der Waals surface area contributed by atoms with Gasteiger partial charge in [0.1, 0.15) is 0 Å². The molecule has 8 heteroatoms. The molecule has 0 bridgehead atoms. The number of likely N-dealkylation sites (tertiary alicyclic amines) is 1. The zero-order chi connectivity index (χ0) is 20.3. The molecular weight excluding hydrogens is 366 g/mol. The van der Waals surface area contributed by atoms with Crippen LogP contribution in [0.3, 0.4) is 0 Å². The highest BCUT2D eigenvalue weighted by molar-refractivity contribution is 5.77. The van der Waals surface area contributed by atoms with Crippen LogP contribution in [-0.4, -0.2) is 70.6 Å². The van der Waals surface area contributed by atoms with E-state index in [0.29, 0.717) is 12.3 Å². The molecule has 2 aromatic heterocycles. The molecular formula is C21H31N7O. The summed E-state index contributed by atoms with van der Waals surface area (Å²) in [4.78, 5) is 32.1. The van der Waals surface area contributed by atoms with Gasteiger partial charge in [-0.1, -0.05) is 0 Å². The van der Waals surface area contributed by atoms with Crippen molar-refractivity contribution in [3.8, 4) is 0 Å². The molecule has 0 atom stereocenters. The molecule has 156 valence electrons. The fourth-order valence-corrected chi connectivity index (χ4v) is 4.63. The molecule has 2 fully saturated rings. The SMILES string of the molecule is CN(C)c1nccnc1N1CCC2(CCC(=O)N(CCCn3ccnc3)C2)CC1. The third-order valence-electron chi connectivity index (χ3n) is 6.36. The number of amides is 1. The van der Waals surface area contributed by atoms with Crippen molar-refractivity contribution in [1.82, 2.24) is 24.4 Å². The minimum atomic E-state index is 0.250. The van der Waals surface area contributed by atoms with E-state index in [0.717, 1.165) is 70.0 Å². The summed E-state index contributed by atoms with van der Waals surface area (Å²) < 4.78 is 2.08. The van der Waals surface area contributed by atoms with Gasteiger partial charge in [-0.15, -0.1) is 0 Å². The third-order valence-corrected chi connectivity index (χ3v) is 6.36. The first-order chi connectivity index (χ1) is 14.1. The van der Waals surface area contributed by atoms with Gasteiger partial charge in [-0.3, -0.25) is 4.79 Å². The van der Waals surface area contributed by atoms with Crippen LogP contribution in [0.5, 0.6) is 0 Å². The summed E-state index contributed by atoms with van der Waals surface area (Å²) in [5, 5.41) is 0. The molecule has 0 unspecified atom stereocenters. The van der Waals surface area contributed by atoms with Crippen LogP contribution in [0.1, 0.15) is 32.1 Å². The van der Waals surface area contributed by atoms with Crippen molar-refractivity contribution in [2.24, 2.45) is 5.41 Å². The van der Waals surface area contributed by atoms with Crippen LogP contribution in [-0.2, 0) is 11.3 Å². The van der Waals surface area contributed by atoms with Crippen LogP contribution in [0.15, 0.2) is 31.1 Å². The van der Waals surface area contributed by atoms with Crippen molar-refractivity contribution in [3.05, 3.63) is 31.1 Å². The van der Waals surface area contributed by atoms with Gasteiger partial charge < -0.3 is 19.3 Å². The number of piperidine rings is 2. The highest BCUT2D eigenvalue weighted by atomic mass is 16.2. The number of carbonyl (C=O) groups excluding carboxylic acids is 1. The first-order valence-corrected chi connectivity index (χ1v) is 10.5. The summed E-state index contributed by atoms with van der Waals surface area (Å²) in [5.74, 6) is 2.20. The van der Waals surface area contributed by atoms with E-state index in [1.165, 1.54) is 0 Å². The van der Waals surface area contributed by atoms with Crippen LogP contribution in [0.25, 0.3) is 0 Å². The predicted molar refractivity (Wildman–Crippen MR) is 113 cm³/mol. The van der Waals surface area contributed by atoms with Gasteiger partial charge >= 0.3 is 0 Å². The van der Waals surface area contributed by atoms with Crippen molar-refractivity contribution in [1.29, 1.82) is 0 Å². The minimum Gasteiger partial charge on any atom is -0.360 e. The van der Waals surface area contributed by atoms with E-state index in [4.69, 9.17) is 0 Å². The Balaban J connectivity index is 1.35. The average molecular weight is 398 g/mol. The van der Waals surface area contributed by atoms with Crippen molar-refractivity contribution in [3.63, 3.8) is 0 Å². The van der Waals surface area contributed by atoms with Gasteiger partial charge in [-0.2, -0.15) is 0 Å². The van der Waals surface area contributed by atoms with Gasteiger partial charge in [-0.25, -0.2) is 15.0 Å². The van der Waals surface area contributed by atoms with Gasteiger partial charge in [0.2, 0.25) is 5.91 Å². The van der Waals surface area contributed by atoms with Gasteiger partial charge in [-0.05, 0) is 31.1 Å². The zero-order valence-electron chi connectivity index (χ0n) is 17.5. The summed E-state index contributed by atoms with van der Waals surface area (Å²) in [7, 11) is 4.01. The highest BCUT2D eigenvalue weighted by Gasteiger charge is 2.41. The van der Waals surface area contributed by atoms with Crippen molar-refractivity contribution in [2.45, 2.75) is 38.6 Å². The largest absolute Gasteiger partial charge is 0.360 e. The molecule has 4 rings (SSSR count). The van der Waals surface area contributed by atoms with Crippen LogP contribution >= 0.6 is 0 Å². The van der Waals surface area contributed by atoms with E-state index in [1.54, 1.807) is 18.6 Å². The lowest BCUT2D eigenvalue weighted by atomic mass is 9.72. The van der Waals surface area contributed by atoms with E-state index < -0.39 is 0 Å². The molecule has 0 radical (unpaired) electrons. The summed E-state index contributed by atoms with van der Waals surface area (Å²) in [6.45, 7) is 4.57. The van der Waals surface area contributed by atoms with Crippen molar-refractivity contribution in [2.75, 3.05) is 50.1 Å². The minimum absolute atomic E-state index is 0.250. The maximum atomic E-state index is 12.5. The molecule has 2 aromatic rings. The average Bonchev–Trinajstić information content (AvgIpc) is 3.25. The molecule has 4 heterocycles. The Bertz CT molecular complexity index is 812. The molecule has 2 aliphatic heterocycles. The quantitative estimate of drug-likeness (QED) is 0.743. The number of aryl methyl sites for hydroxylation is 1. The molecule has 2 aliphatic rings. The standard InChI is InChI=1S/C21H31N7O/c1-25(2)19-20(24-9-8-23-19)27-13-6-21(7-14-27)5-4-18(29)28(16-21)12-3-11-26-15-10-22-17-26/h8-10,15,17H,3-7,11-14,16H2,1-2H3. The number of hydrogen-bond acceptors (Lipinski definition) is 6. The Labute approximate surface area is 172 Å². The summed E-state index contributed by atoms with van der Waals surface area (Å²) >= 11 is 0. The number of hydrogen-bond donors (Lipinski definition) is 0. The predicted octanol–water partition coefficient (Wildman–Crippen LogP) is 2.04. The fraction of sp³-hybridized carbons (Fsp3) is 0.619. The van der Waals surface area contributed by atoms with Crippen LogP contribution in [0.2, 0.25) is 0 Å². The number of carbonyl (C=O) groups is 1. The normalized spacial score (nSPS) is 19.0. The highest BCUT2D eigenvalue weighted by Crippen LogP contribution is 2.41. The summed E-state index contributed by atoms with van der Waals surface area (Å²) in [5.41, 5.74) is 0.250. The Hall–Kier alpha value is -2.64. The molecule has 2 saturated heterocycles. The van der Waals surface area contributed by atoms with Gasteiger partial charge in [0, 0.05) is 78.0 Å². The molecule has 29 heavy (non-hydrogen) atoms. The second kappa shape index (κ2) is 8.39. The maximum absolute atomic E-state index is 12.5. The fourth-order valence-electron chi connectivity index (χ4n) is 4.63. The second-order valence-corrected chi connectivity index (χ2v) is 8.55. The summed E-state index contributed by atoms with van der Waals surface area (Å²) in [6.07, 6.45) is 14.0. The lowest BCUT2D eigenvalue weighted by Crippen LogP contribution is -2.52. The van der Waals surface area contributed by atoms with E-state index in [9.17, 15) is 4.79 Å². The number of anilines is 2. The number of aromatic nitrogens is 4. The molecule has 0 aromatic carbocycles. The number of rotatable bonds is 6. The van der Waals surface area contributed by atoms with E-state index in [2.05, 4.69) is 29.3 Å². The van der Waals surface area contributed by atoms with E-state index in [1.807, 2.05) is 31.5 Å². The second-order valence-electron chi connectivity index (χ2n) is 8.55. The van der Waals surface area contributed by atoms with E-state index >= 15 is 0 Å². The van der Waals surface area contributed by atoms with Crippen LogP contribution < -0.4 is 9.80 Å². The smallest absolute Gasteiger partial charge is 0.222 e. The topological polar surface area (TPSA) is 70.4 Å². The van der Waals surface area contributed by atoms with Crippen LogP contribution in [0.4, 0.5) is 11.6 Å². The molecule has 0 N–H and O–H groups in total. The van der Waals surface area contributed by atoms with Crippen molar-refractivity contribution < 1.29 is 4.79 Å². The Morgan fingerprint density at radius 1 is 1.07 bits per heavy atom. The van der Waals surface area contributed by atoms with Crippen LogP contribution in [0, 0.1) is 5.41 Å². The van der Waals surface area contributed by atoms with Crippen molar-refractivity contribution >= 4 is 17.5 Å². The third kappa shape index (κ3) is 4.36. The van der Waals surface area contributed by atoms with Gasteiger partial charge in [0.25, 0.3) is 0 Å². The zero-order valence-corrected chi connectivity index (χ0v) is 17.5. The Kier molecular flexibility index (Phi) is 5.69. The monoisotopic (exact) mass is 397 g/mol. The molecule has 1 spiro atoms. The Morgan fingerprint density at radius 2 is 1.86 bits per heavy atom. The molecule has 8 nitrogen and oxygen atoms in total. The number of imidazole rings is 1. The molecule has 0 aliphatic carbocycles. The van der Waals surface area contributed by atoms with E-state index in [-0.39, 0.29) is 5.41 Å². The lowest BCUT2D eigenvalue weighted by molar-refractivity contribution is -0.138. The molecule has 1 amide bonds. The van der Waals surface area contributed by atoms with Gasteiger partial charge in [0.05, 0.1) is 6.33 Å².